The summed E-state index contributed by atoms with van der Waals surface area (Å²) in [4.78, 5) is 29.4. The number of phenolic OH excluding ortho intramolecular Hbond substituents is 2. The van der Waals surface area contributed by atoms with E-state index in [1.165, 1.54) is 18.6 Å². The second-order valence-corrected chi connectivity index (χ2v) is 20.4. The Morgan fingerprint density at radius 3 is 0.791 bits per heavy atom. The third kappa shape index (κ3) is 18.0. The number of ether oxygens (including phenoxy) is 4. The van der Waals surface area contributed by atoms with Crippen LogP contribution in [-0.4, -0.2) is 90.3 Å². The summed E-state index contributed by atoms with van der Waals surface area (Å²) >= 11 is 0. The zero-order chi connectivity index (χ0) is 63.6. The highest BCUT2D eigenvalue weighted by Crippen LogP contribution is 2.37. The quantitative estimate of drug-likeness (QED) is 0.0441. The fraction of sp³-hybridized carbons (Fsp3) is 0.143. The lowest BCUT2D eigenvalue weighted by atomic mass is 10.0. The third-order valence-corrected chi connectivity index (χ3v) is 13.8. The number of rotatable bonds is 19. The van der Waals surface area contributed by atoms with Crippen LogP contribution in [0.2, 0.25) is 0 Å². The maximum Gasteiger partial charge on any atom is 0.230 e. The van der Waals surface area contributed by atoms with E-state index in [1.54, 1.807) is 31.2 Å². The van der Waals surface area contributed by atoms with Crippen molar-refractivity contribution in [1.29, 1.82) is 0 Å². The van der Waals surface area contributed by atoms with Crippen molar-refractivity contribution in [3.8, 4) is 136 Å². The van der Waals surface area contributed by atoms with Gasteiger partial charge in [0.15, 0.2) is 34.9 Å². The molecule has 0 aliphatic rings. The molecule has 0 aliphatic carbocycles. The van der Waals surface area contributed by atoms with E-state index in [0.29, 0.717) is 77.4 Å². The molecule has 0 bridgehead atoms. The lowest BCUT2D eigenvalue weighted by Gasteiger charge is -2.13. The van der Waals surface area contributed by atoms with Gasteiger partial charge in [0.05, 0.1) is 24.3 Å². The molecule has 0 unspecified atom stereocenters. The second kappa shape index (κ2) is 33.6. The number of aromatic nitrogens is 6. The maximum absolute atomic E-state index is 11.5. The Morgan fingerprint density at radius 1 is 0.297 bits per heavy atom. The first-order valence-corrected chi connectivity index (χ1v) is 30.1. The van der Waals surface area contributed by atoms with Crippen molar-refractivity contribution in [3.05, 3.63) is 255 Å². The fourth-order valence-corrected chi connectivity index (χ4v) is 9.35. The number of hydrogen-bond acceptors (Lipinski definition) is 14. The van der Waals surface area contributed by atoms with Crippen molar-refractivity contribution in [2.45, 2.75) is 34.1 Å². The molecule has 0 radical (unpaired) electrons. The van der Waals surface area contributed by atoms with Crippen molar-refractivity contribution >= 4 is 0 Å². The number of benzene rings is 10. The van der Waals surface area contributed by atoms with Crippen LogP contribution in [0.1, 0.15) is 34.1 Å². The van der Waals surface area contributed by atoms with E-state index >= 15 is 0 Å². The highest BCUT2D eigenvalue weighted by molar-refractivity contribution is 5.76. The van der Waals surface area contributed by atoms with Crippen molar-refractivity contribution in [2.24, 2.45) is 0 Å². The molecule has 0 atom stereocenters. The third-order valence-electron chi connectivity index (χ3n) is 13.8. The molecule has 4 N–H and O–H groups in total. The van der Waals surface area contributed by atoms with Crippen molar-refractivity contribution in [2.75, 3.05) is 40.0 Å². The molecule has 0 aliphatic heterocycles. The normalized spacial score (nSPS) is 10.6. The largest absolute Gasteiger partial charge is 0.507 e. The van der Waals surface area contributed by atoms with Crippen LogP contribution in [0, 0.1) is 0 Å². The number of nitrogens with zero attached hydrogens (tertiary/aromatic N) is 6. The number of aromatic hydroxyl groups is 2. The number of aliphatic hydroxyl groups is 2. The number of hydrogen-bond donors (Lipinski definition) is 4. The fourth-order valence-electron chi connectivity index (χ4n) is 9.35. The Kier molecular flexibility index (Phi) is 23.9. The zero-order valence-electron chi connectivity index (χ0n) is 51.3. The minimum Gasteiger partial charge on any atom is -0.507 e. The van der Waals surface area contributed by atoms with Crippen LogP contribution in [0.3, 0.4) is 0 Å². The minimum atomic E-state index is -0.229. The molecule has 0 spiro atoms. The molecule has 14 nitrogen and oxygen atoms in total. The van der Waals surface area contributed by atoms with Crippen LogP contribution in [0.25, 0.3) is 113 Å². The van der Waals surface area contributed by atoms with Gasteiger partial charge in [-0.15, -0.1) is 0 Å². The van der Waals surface area contributed by atoms with Crippen LogP contribution < -0.4 is 9.47 Å². The molecule has 458 valence electrons. The average Bonchev–Trinajstić information content (AvgIpc) is 1.03. The molecule has 12 rings (SSSR count). The summed E-state index contributed by atoms with van der Waals surface area (Å²) < 4.78 is 21.4. The molecule has 14 heteroatoms. The summed E-state index contributed by atoms with van der Waals surface area (Å²) in [6.45, 7) is 9.40. The molecule has 0 saturated heterocycles. The highest BCUT2D eigenvalue weighted by atomic mass is 16.7. The van der Waals surface area contributed by atoms with Crippen molar-refractivity contribution < 1.29 is 39.4 Å². The Labute approximate surface area is 531 Å². The average molecular weight is 1210 g/mol. The van der Waals surface area contributed by atoms with E-state index in [4.69, 9.17) is 54.3 Å². The first kappa shape index (κ1) is 64.7. The lowest BCUT2D eigenvalue weighted by molar-refractivity contribution is -0.0276. The summed E-state index contributed by atoms with van der Waals surface area (Å²) in [7, 11) is 0. The van der Waals surface area contributed by atoms with Crippen LogP contribution in [0.15, 0.2) is 255 Å². The molecule has 2 aromatic heterocycles. The molecule has 10 aromatic carbocycles. The van der Waals surface area contributed by atoms with E-state index in [1.807, 2.05) is 177 Å². The molecule has 91 heavy (non-hydrogen) atoms. The molecule has 12 aromatic rings. The van der Waals surface area contributed by atoms with E-state index in [2.05, 4.69) is 67.1 Å². The van der Waals surface area contributed by atoms with Gasteiger partial charge in [-0.1, -0.05) is 239 Å². The molecule has 0 saturated carbocycles. The second-order valence-electron chi connectivity index (χ2n) is 20.4. The van der Waals surface area contributed by atoms with Crippen LogP contribution in [0.5, 0.6) is 23.0 Å². The zero-order valence-corrected chi connectivity index (χ0v) is 51.3. The van der Waals surface area contributed by atoms with E-state index in [9.17, 15) is 10.2 Å². The van der Waals surface area contributed by atoms with Gasteiger partial charge in [0.1, 0.15) is 29.8 Å². The monoisotopic (exact) mass is 1210 g/mol. The van der Waals surface area contributed by atoms with Gasteiger partial charge in [0.25, 0.3) is 0 Å². The molecule has 0 fully saturated rings. The van der Waals surface area contributed by atoms with E-state index in [-0.39, 0.29) is 31.7 Å². The summed E-state index contributed by atoms with van der Waals surface area (Å²) in [6, 6.07) is 82.8. The highest BCUT2D eigenvalue weighted by Gasteiger charge is 2.19. The molecular weight excluding hydrogens is 1140 g/mol. The van der Waals surface area contributed by atoms with Gasteiger partial charge in [-0.3, -0.25) is 0 Å². The molecule has 0 amide bonds. The predicted molar refractivity (Wildman–Crippen MR) is 362 cm³/mol. The summed E-state index contributed by atoms with van der Waals surface area (Å²) in [6.07, 6.45) is 1.25. The van der Waals surface area contributed by atoms with Crippen LogP contribution >= 0.6 is 0 Å². The summed E-state index contributed by atoms with van der Waals surface area (Å²) in [5, 5.41) is 38.7. The number of phenols is 2. The SMILES string of the molecule is CCC.CCO.CCOCCOCO.Oc1cc(OCOc2ccc(-c3nc(-c4ccc(-c5ccccc5)cc4)nc(-c4ccc(-c5ccccc5)cc4)n3)c(O)c2)ccc1-c1nc(-c2ccc(-c3ccccc3)cc2)nc(-c2ccc(-c3ccccc3)cc2)n1. The predicted octanol–water partition coefficient (Wildman–Crippen LogP) is 17.0. The molecule has 2 heterocycles. The van der Waals surface area contributed by atoms with E-state index < -0.39 is 0 Å². The maximum atomic E-state index is 11.5. The van der Waals surface area contributed by atoms with Gasteiger partial charge in [-0.2, -0.15) is 0 Å². The van der Waals surface area contributed by atoms with Crippen molar-refractivity contribution in [3.63, 3.8) is 0 Å². The minimum absolute atomic E-state index is 0.0955. The number of aliphatic hydroxyl groups excluding tert-OH is 2. The Morgan fingerprint density at radius 2 is 0.538 bits per heavy atom. The topological polar surface area (TPSA) is 195 Å². The van der Waals surface area contributed by atoms with Gasteiger partial charge < -0.3 is 39.4 Å². The van der Waals surface area contributed by atoms with E-state index in [0.717, 1.165) is 66.8 Å². The standard InChI is InChI=1S/C67H46N6O4.C5H12O3.C3H8.C2H6O/c74-60-41-56(37-39-58(60)66-70-62(52-29-21-48(22-30-52)44-13-5-1-6-14-44)68-63(71-66)53-31-23-49(24-32-53)45-15-7-2-8-16-45)76-43-77-57-38-40-59(61(75)42-57)67-72-64(54-33-25-50(26-34-54)46-17-9-3-10-18-46)69-65(73-67)55-35-27-51(28-36-55)47-19-11-4-12-20-47;1-2-7-3-4-8-5-6;1-3-2;1-2-3/h1-42,74-75H,43H2;6H,2-5H2,1H3;3H2,1-2H3;3H,2H2,1H3. The molecular formula is C77H72N6O8. The Bertz CT molecular complexity index is 3680. The Balaban J connectivity index is 0.000000635. The lowest BCUT2D eigenvalue weighted by Crippen LogP contribution is -2.06. The smallest absolute Gasteiger partial charge is 0.230 e. The van der Waals surface area contributed by atoms with Crippen LogP contribution in [0.4, 0.5) is 0 Å². The van der Waals surface area contributed by atoms with Gasteiger partial charge >= 0.3 is 0 Å². The van der Waals surface area contributed by atoms with Gasteiger partial charge in [0, 0.05) is 47.6 Å². The van der Waals surface area contributed by atoms with Gasteiger partial charge in [-0.05, 0) is 82.6 Å². The van der Waals surface area contributed by atoms with Crippen LogP contribution in [-0.2, 0) is 9.47 Å². The van der Waals surface area contributed by atoms with Gasteiger partial charge in [0.2, 0.25) is 6.79 Å². The first-order valence-electron chi connectivity index (χ1n) is 30.1. The summed E-state index contributed by atoms with van der Waals surface area (Å²) in [5.74, 6) is 2.90. The summed E-state index contributed by atoms with van der Waals surface area (Å²) in [5.41, 5.74) is 12.6. The van der Waals surface area contributed by atoms with Gasteiger partial charge in [-0.25, -0.2) is 29.9 Å². The first-order chi connectivity index (χ1) is 44.7. The Hall–Kier alpha value is -10.7. The van der Waals surface area contributed by atoms with Crippen molar-refractivity contribution in [1.82, 2.24) is 29.9 Å².